The molecule has 0 spiro atoms. The van der Waals surface area contributed by atoms with Crippen molar-refractivity contribution in [3.05, 3.63) is 76.5 Å². The second-order valence-electron chi connectivity index (χ2n) is 6.64. The largest absolute Gasteiger partial charge is 0.451 e. The maximum absolute atomic E-state index is 12.6. The van der Waals surface area contributed by atoms with Crippen LogP contribution < -0.4 is 10.2 Å². The molecule has 1 aliphatic rings. The molecule has 1 aromatic heterocycles. The summed E-state index contributed by atoms with van der Waals surface area (Å²) in [6.45, 7) is 2.05. The van der Waals surface area contributed by atoms with E-state index >= 15 is 0 Å². The SMILES string of the molecule is O=C(Nc1cccc(N2CCCC2)c1)c1ccc(-c2ccccc2[N+](=O)[O-])o1. The van der Waals surface area contributed by atoms with Crippen molar-refractivity contribution in [3.8, 4) is 11.3 Å². The number of rotatable bonds is 5. The number of anilines is 2. The Bertz CT molecular complexity index is 1020. The highest BCUT2D eigenvalue weighted by Crippen LogP contribution is 2.31. The summed E-state index contributed by atoms with van der Waals surface area (Å²) in [6.07, 6.45) is 2.36. The first kappa shape index (κ1) is 17.8. The van der Waals surface area contributed by atoms with E-state index in [-0.39, 0.29) is 17.2 Å². The smallest absolute Gasteiger partial charge is 0.291 e. The molecule has 2 heterocycles. The fourth-order valence-corrected chi connectivity index (χ4v) is 3.39. The van der Waals surface area contributed by atoms with E-state index in [2.05, 4.69) is 10.2 Å². The van der Waals surface area contributed by atoms with Crippen LogP contribution in [0.25, 0.3) is 11.3 Å². The van der Waals surface area contributed by atoms with Crippen LogP contribution in [0.15, 0.2) is 65.1 Å². The van der Waals surface area contributed by atoms with Crippen molar-refractivity contribution in [1.29, 1.82) is 0 Å². The van der Waals surface area contributed by atoms with E-state index in [9.17, 15) is 14.9 Å². The molecule has 0 atom stereocenters. The number of amides is 1. The lowest BCUT2D eigenvalue weighted by atomic mass is 10.1. The molecule has 1 fully saturated rings. The summed E-state index contributed by atoms with van der Waals surface area (Å²) in [6, 6.07) is 17.1. The molecule has 3 aromatic rings. The molecule has 4 rings (SSSR count). The van der Waals surface area contributed by atoms with Crippen LogP contribution in [0.1, 0.15) is 23.4 Å². The van der Waals surface area contributed by atoms with Gasteiger partial charge in [-0.3, -0.25) is 14.9 Å². The third-order valence-corrected chi connectivity index (χ3v) is 4.77. The predicted octanol–water partition coefficient (Wildman–Crippen LogP) is 4.71. The molecule has 0 radical (unpaired) electrons. The van der Waals surface area contributed by atoms with E-state index in [0.717, 1.165) is 18.8 Å². The van der Waals surface area contributed by atoms with Crippen LogP contribution in [0.4, 0.5) is 17.1 Å². The van der Waals surface area contributed by atoms with Crippen molar-refractivity contribution in [2.24, 2.45) is 0 Å². The number of nitro groups is 1. The van der Waals surface area contributed by atoms with Gasteiger partial charge in [0.1, 0.15) is 5.76 Å². The van der Waals surface area contributed by atoms with Crippen molar-refractivity contribution in [2.75, 3.05) is 23.3 Å². The molecular weight excluding hydrogens is 358 g/mol. The van der Waals surface area contributed by atoms with Crippen molar-refractivity contribution < 1.29 is 14.1 Å². The highest BCUT2D eigenvalue weighted by atomic mass is 16.6. The summed E-state index contributed by atoms with van der Waals surface area (Å²) in [5, 5.41) is 14.0. The Labute approximate surface area is 161 Å². The standard InChI is InChI=1S/C21H19N3O4/c25-21(22-15-6-5-7-16(14-15)23-12-3-4-13-23)20-11-10-19(28-20)17-8-1-2-9-18(17)24(26)27/h1-2,5-11,14H,3-4,12-13H2,(H,22,25). The molecule has 1 saturated heterocycles. The highest BCUT2D eigenvalue weighted by Gasteiger charge is 2.19. The zero-order valence-corrected chi connectivity index (χ0v) is 15.1. The first-order chi connectivity index (χ1) is 13.6. The van der Waals surface area contributed by atoms with Crippen LogP contribution in [-0.4, -0.2) is 23.9 Å². The summed E-state index contributed by atoms with van der Waals surface area (Å²) in [7, 11) is 0. The van der Waals surface area contributed by atoms with Gasteiger partial charge in [0.25, 0.3) is 11.6 Å². The van der Waals surface area contributed by atoms with Gasteiger partial charge in [0, 0.05) is 30.5 Å². The van der Waals surface area contributed by atoms with Gasteiger partial charge in [-0.1, -0.05) is 18.2 Å². The molecular formula is C21H19N3O4. The topological polar surface area (TPSA) is 88.6 Å². The third-order valence-electron chi connectivity index (χ3n) is 4.77. The van der Waals surface area contributed by atoms with Crippen LogP contribution in [0.3, 0.4) is 0 Å². The van der Waals surface area contributed by atoms with Gasteiger partial charge in [0.15, 0.2) is 5.76 Å². The molecule has 0 aliphatic carbocycles. The highest BCUT2D eigenvalue weighted by molar-refractivity contribution is 6.02. The monoisotopic (exact) mass is 377 g/mol. The second kappa shape index (κ2) is 7.56. The number of carbonyl (C=O) groups is 1. The molecule has 0 saturated carbocycles. The molecule has 0 unspecified atom stereocenters. The summed E-state index contributed by atoms with van der Waals surface area (Å²) >= 11 is 0. The van der Waals surface area contributed by atoms with Gasteiger partial charge in [0.2, 0.25) is 0 Å². The fourth-order valence-electron chi connectivity index (χ4n) is 3.39. The van der Waals surface area contributed by atoms with E-state index in [4.69, 9.17) is 4.42 Å². The Morgan fingerprint density at radius 2 is 1.82 bits per heavy atom. The van der Waals surface area contributed by atoms with E-state index in [1.807, 2.05) is 24.3 Å². The van der Waals surface area contributed by atoms with E-state index in [1.165, 1.54) is 25.0 Å². The number of para-hydroxylation sites is 1. The Balaban J connectivity index is 1.53. The number of hydrogen-bond donors (Lipinski definition) is 1. The lowest BCUT2D eigenvalue weighted by Gasteiger charge is -2.18. The van der Waals surface area contributed by atoms with Crippen LogP contribution in [-0.2, 0) is 0 Å². The first-order valence-corrected chi connectivity index (χ1v) is 9.12. The number of nitro benzene ring substituents is 1. The number of furan rings is 1. The molecule has 2 aromatic carbocycles. The lowest BCUT2D eigenvalue weighted by molar-refractivity contribution is -0.384. The minimum absolute atomic E-state index is 0.0675. The lowest BCUT2D eigenvalue weighted by Crippen LogP contribution is -2.18. The van der Waals surface area contributed by atoms with Gasteiger partial charge in [-0.2, -0.15) is 0 Å². The first-order valence-electron chi connectivity index (χ1n) is 9.12. The van der Waals surface area contributed by atoms with Crippen molar-refractivity contribution in [2.45, 2.75) is 12.8 Å². The predicted molar refractivity (Wildman–Crippen MR) is 107 cm³/mol. The Hall–Kier alpha value is -3.61. The normalized spacial score (nSPS) is 13.5. The maximum Gasteiger partial charge on any atom is 0.291 e. The Morgan fingerprint density at radius 1 is 1.04 bits per heavy atom. The molecule has 7 heteroatoms. The molecule has 0 bridgehead atoms. The summed E-state index contributed by atoms with van der Waals surface area (Å²) in [5.74, 6) is -0.0219. The molecule has 7 nitrogen and oxygen atoms in total. The molecule has 28 heavy (non-hydrogen) atoms. The number of nitrogens with one attached hydrogen (secondary N) is 1. The maximum atomic E-state index is 12.6. The zero-order chi connectivity index (χ0) is 19.5. The molecule has 142 valence electrons. The summed E-state index contributed by atoms with van der Waals surface area (Å²) in [4.78, 5) is 25.6. The van der Waals surface area contributed by atoms with Crippen molar-refractivity contribution >= 4 is 23.0 Å². The summed E-state index contributed by atoms with van der Waals surface area (Å²) < 4.78 is 5.60. The Kier molecular flexibility index (Phi) is 4.80. The molecule has 1 aliphatic heterocycles. The fraction of sp³-hybridized carbons (Fsp3) is 0.190. The van der Waals surface area contributed by atoms with Crippen LogP contribution in [0.2, 0.25) is 0 Å². The second-order valence-corrected chi connectivity index (χ2v) is 6.64. The van der Waals surface area contributed by atoms with Crippen LogP contribution in [0.5, 0.6) is 0 Å². The van der Waals surface area contributed by atoms with Gasteiger partial charge >= 0.3 is 0 Å². The molecule has 1 amide bonds. The summed E-state index contributed by atoms with van der Waals surface area (Å²) in [5.41, 5.74) is 2.03. The third kappa shape index (κ3) is 3.59. The van der Waals surface area contributed by atoms with Crippen molar-refractivity contribution in [1.82, 2.24) is 0 Å². The quantitative estimate of drug-likeness (QED) is 0.514. The average Bonchev–Trinajstić information content (AvgIpc) is 3.40. The number of nitrogens with zero attached hydrogens (tertiary/aromatic N) is 2. The number of hydrogen-bond acceptors (Lipinski definition) is 5. The van der Waals surface area contributed by atoms with E-state index in [1.54, 1.807) is 24.3 Å². The minimum Gasteiger partial charge on any atom is -0.451 e. The number of benzene rings is 2. The van der Waals surface area contributed by atoms with Gasteiger partial charge in [0.05, 0.1) is 10.5 Å². The average molecular weight is 377 g/mol. The van der Waals surface area contributed by atoms with Gasteiger partial charge < -0.3 is 14.6 Å². The van der Waals surface area contributed by atoms with E-state index < -0.39 is 10.8 Å². The Morgan fingerprint density at radius 3 is 2.61 bits per heavy atom. The van der Waals surface area contributed by atoms with Gasteiger partial charge in [-0.15, -0.1) is 0 Å². The van der Waals surface area contributed by atoms with Crippen molar-refractivity contribution in [3.63, 3.8) is 0 Å². The minimum atomic E-state index is -0.471. The van der Waals surface area contributed by atoms with Gasteiger partial charge in [-0.25, -0.2) is 0 Å². The van der Waals surface area contributed by atoms with Crippen LogP contribution >= 0.6 is 0 Å². The van der Waals surface area contributed by atoms with E-state index in [0.29, 0.717) is 11.3 Å². The van der Waals surface area contributed by atoms with Crippen LogP contribution in [0, 0.1) is 10.1 Å². The van der Waals surface area contributed by atoms with Gasteiger partial charge in [-0.05, 0) is 49.2 Å². The molecule has 1 N–H and O–H groups in total. The number of carbonyl (C=O) groups excluding carboxylic acids is 1. The zero-order valence-electron chi connectivity index (χ0n) is 15.1.